The molecule has 1 aliphatic carbocycles. The summed E-state index contributed by atoms with van der Waals surface area (Å²) in [6.07, 6.45) is 6.77. The quantitative estimate of drug-likeness (QED) is 0.528. The second-order valence-corrected chi connectivity index (χ2v) is 4.17. The molecule has 1 N–H and O–H groups in total. The Kier molecular flexibility index (Phi) is 9.23. The van der Waals surface area contributed by atoms with E-state index in [-0.39, 0.29) is 29.5 Å². The molecule has 0 saturated heterocycles. The molecule has 0 bridgehead atoms. The normalized spacial score (nSPS) is 19.7. The Morgan fingerprint density at radius 2 is 2.11 bits per heavy atom. The summed E-state index contributed by atoms with van der Waals surface area (Å²) in [6, 6.07) is 10.0. The van der Waals surface area contributed by atoms with E-state index in [2.05, 4.69) is 0 Å². The van der Waals surface area contributed by atoms with E-state index in [1.807, 2.05) is 42.8 Å². The number of carbonyl (C=O) groups excluding carboxylic acids is 1. The number of rotatable bonds is 4. The van der Waals surface area contributed by atoms with Gasteiger partial charge in [0.2, 0.25) is 0 Å². The molecule has 3 nitrogen and oxygen atoms in total. The molecule has 0 aromatic heterocycles. The summed E-state index contributed by atoms with van der Waals surface area (Å²) in [7, 11) is 0. The molecule has 19 heavy (non-hydrogen) atoms. The summed E-state index contributed by atoms with van der Waals surface area (Å²) in [5, 5.41) is 9.78. The third kappa shape index (κ3) is 7.83. The third-order valence-corrected chi connectivity index (χ3v) is 2.64. The molecule has 1 aromatic carbocycles. The molecule has 1 aliphatic rings. The van der Waals surface area contributed by atoms with Crippen molar-refractivity contribution in [2.45, 2.75) is 31.8 Å². The summed E-state index contributed by atoms with van der Waals surface area (Å²) < 4.78 is 4.76. The van der Waals surface area contributed by atoms with Crippen molar-refractivity contribution in [3.63, 3.8) is 0 Å². The Balaban J connectivity index is 0.000000454. The minimum atomic E-state index is -0.813. The smallest absolute Gasteiger partial charge is 0.466 e. The molecule has 0 amide bonds. The maximum atomic E-state index is 11.0. The summed E-state index contributed by atoms with van der Waals surface area (Å²) >= 11 is 0. The van der Waals surface area contributed by atoms with Gasteiger partial charge in [0, 0.05) is 12.0 Å². The van der Waals surface area contributed by atoms with E-state index in [9.17, 15) is 9.90 Å². The number of carbonyl (C=O) groups is 1. The fourth-order valence-electron chi connectivity index (χ4n) is 1.65. The van der Waals surface area contributed by atoms with Crippen LogP contribution in [0.3, 0.4) is 0 Å². The van der Waals surface area contributed by atoms with Crippen LogP contribution >= 0.6 is 0 Å². The molecule has 1 atom stereocenters. The van der Waals surface area contributed by atoms with Gasteiger partial charge in [-0.1, -0.05) is 6.42 Å². The SMILES string of the molecule is CCOC(=O)CC[C@]1(O)C=C[CH-]C1.[Fe+2].c1cc[cH-]c1. The van der Waals surface area contributed by atoms with E-state index < -0.39 is 5.60 Å². The van der Waals surface area contributed by atoms with Crippen LogP contribution in [0.4, 0.5) is 0 Å². The first-order valence-electron chi connectivity index (χ1n) is 6.22. The van der Waals surface area contributed by atoms with Crippen LogP contribution < -0.4 is 0 Å². The van der Waals surface area contributed by atoms with Crippen molar-refractivity contribution in [1.82, 2.24) is 0 Å². The molecular formula is C15H20FeO3. The summed E-state index contributed by atoms with van der Waals surface area (Å²) in [4.78, 5) is 11.0. The second kappa shape index (κ2) is 9.79. The third-order valence-electron chi connectivity index (χ3n) is 2.64. The molecular weight excluding hydrogens is 284 g/mol. The maximum absolute atomic E-state index is 11.0. The van der Waals surface area contributed by atoms with E-state index in [0.717, 1.165) is 0 Å². The first kappa shape index (κ1) is 17.9. The van der Waals surface area contributed by atoms with Crippen LogP contribution in [0.15, 0.2) is 42.5 Å². The van der Waals surface area contributed by atoms with Gasteiger partial charge in [0.25, 0.3) is 0 Å². The van der Waals surface area contributed by atoms with Crippen molar-refractivity contribution in [3.8, 4) is 0 Å². The fraction of sp³-hybridized carbons (Fsp3) is 0.400. The summed E-state index contributed by atoms with van der Waals surface area (Å²) in [5.74, 6) is -0.240. The van der Waals surface area contributed by atoms with E-state index in [1.165, 1.54) is 0 Å². The Labute approximate surface area is 125 Å². The van der Waals surface area contributed by atoms with E-state index in [0.29, 0.717) is 19.4 Å². The predicted octanol–water partition coefficient (Wildman–Crippen LogP) is 2.63. The molecule has 0 spiro atoms. The van der Waals surface area contributed by atoms with Crippen LogP contribution in [-0.4, -0.2) is 23.3 Å². The Morgan fingerprint density at radius 3 is 2.53 bits per heavy atom. The van der Waals surface area contributed by atoms with Crippen LogP contribution in [0.25, 0.3) is 0 Å². The Morgan fingerprint density at radius 1 is 1.42 bits per heavy atom. The van der Waals surface area contributed by atoms with Crippen molar-refractivity contribution in [1.29, 1.82) is 0 Å². The molecule has 1 aromatic rings. The van der Waals surface area contributed by atoms with Gasteiger partial charge in [0.1, 0.15) is 0 Å². The minimum Gasteiger partial charge on any atom is -0.466 e. The molecule has 0 fully saturated rings. The number of hydrogen-bond donors (Lipinski definition) is 1. The van der Waals surface area contributed by atoms with Crippen molar-refractivity contribution in [2.24, 2.45) is 0 Å². The van der Waals surface area contributed by atoms with Gasteiger partial charge in [0.15, 0.2) is 0 Å². The zero-order chi connectivity index (χ0) is 13.3. The molecule has 0 saturated carbocycles. The topological polar surface area (TPSA) is 46.5 Å². The zero-order valence-electron chi connectivity index (χ0n) is 11.1. The number of allylic oxidation sites excluding steroid dienone is 1. The van der Waals surface area contributed by atoms with Crippen molar-refractivity contribution in [3.05, 3.63) is 48.9 Å². The number of ether oxygens (including phenoxy) is 1. The summed E-state index contributed by atoms with van der Waals surface area (Å²) in [5.41, 5.74) is -0.813. The van der Waals surface area contributed by atoms with Gasteiger partial charge in [-0.05, 0) is 13.3 Å². The Bertz CT molecular complexity index is 342. The fourth-order valence-corrected chi connectivity index (χ4v) is 1.65. The molecule has 4 heteroatoms. The van der Waals surface area contributed by atoms with Gasteiger partial charge in [-0.15, -0.1) is 0 Å². The number of aliphatic hydroxyl groups is 1. The first-order valence-corrected chi connectivity index (χ1v) is 6.22. The molecule has 0 aliphatic heterocycles. The molecule has 2 rings (SSSR count). The van der Waals surface area contributed by atoms with Gasteiger partial charge in [-0.3, -0.25) is 4.79 Å². The summed E-state index contributed by atoms with van der Waals surface area (Å²) in [6.45, 7) is 2.18. The van der Waals surface area contributed by atoms with Crippen LogP contribution in [0, 0.1) is 6.42 Å². The monoisotopic (exact) mass is 304 g/mol. The van der Waals surface area contributed by atoms with Crippen molar-refractivity contribution >= 4 is 5.97 Å². The maximum Gasteiger partial charge on any atom is 2.00 e. The van der Waals surface area contributed by atoms with Gasteiger partial charge in [-0.25, -0.2) is 30.7 Å². The van der Waals surface area contributed by atoms with Crippen LogP contribution in [0.1, 0.15) is 26.2 Å². The number of esters is 1. The van der Waals surface area contributed by atoms with E-state index in [4.69, 9.17) is 4.74 Å². The standard InChI is InChI=1S/C10H15O3.C5H5.Fe/c1-2-13-9(11)5-8-10(12)6-3-4-7-10;1-2-4-5-3-1;/h3-4,6,12H,2,5,7-8H2,1H3;1-5H;/q2*-1;+2/t10-;;/m0../s1. The van der Waals surface area contributed by atoms with Gasteiger partial charge < -0.3 is 9.84 Å². The van der Waals surface area contributed by atoms with Gasteiger partial charge in [-0.2, -0.15) is 18.2 Å². The average molecular weight is 304 g/mol. The van der Waals surface area contributed by atoms with E-state index >= 15 is 0 Å². The molecule has 0 heterocycles. The van der Waals surface area contributed by atoms with Gasteiger partial charge in [0.05, 0.1) is 6.61 Å². The average Bonchev–Trinajstić information content (AvgIpc) is 3.01. The van der Waals surface area contributed by atoms with Crippen LogP contribution in [0.2, 0.25) is 0 Å². The second-order valence-electron chi connectivity index (χ2n) is 4.17. The van der Waals surface area contributed by atoms with Crippen molar-refractivity contribution < 1.29 is 31.7 Å². The van der Waals surface area contributed by atoms with Crippen molar-refractivity contribution in [2.75, 3.05) is 6.61 Å². The zero-order valence-corrected chi connectivity index (χ0v) is 12.2. The minimum absolute atomic E-state index is 0. The molecule has 0 radical (unpaired) electrons. The predicted molar refractivity (Wildman–Crippen MR) is 70.9 cm³/mol. The number of hydrogen-bond acceptors (Lipinski definition) is 3. The molecule has 0 unspecified atom stereocenters. The first-order chi connectivity index (χ1) is 8.66. The van der Waals surface area contributed by atoms with Gasteiger partial charge >= 0.3 is 23.0 Å². The van der Waals surface area contributed by atoms with Crippen LogP contribution in [-0.2, 0) is 26.6 Å². The molecule has 106 valence electrons. The largest absolute Gasteiger partial charge is 2.00 e. The Hall–Kier alpha value is -1.09. The van der Waals surface area contributed by atoms with E-state index in [1.54, 1.807) is 13.0 Å². The van der Waals surface area contributed by atoms with Crippen LogP contribution in [0.5, 0.6) is 0 Å².